The predicted octanol–water partition coefficient (Wildman–Crippen LogP) is 8.18. The lowest BCUT2D eigenvalue weighted by Gasteiger charge is -2.19. The molecule has 9 nitrogen and oxygen atoms in total. The number of ether oxygens (including phenoxy) is 2. The summed E-state index contributed by atoms with van der Waals surface area (Å²) in [6.07, 6.45) is 0.488. The van der Waals surface area contributed by atoms with E-state index in [4.69, 9.17) is 16.3 Å². The summed E-state index contributed by atoms with van der Waals surface area (Å²) in [6, 6.07) is 11.4. The molecule has 1 unspecified atom stereocenters. The molecule has 0 saturated carbocycles. The molecule has 5 aromatic rings. The van der Waals surface area contributed by atoms with E-state index >= 15 is 4.39 Å². The molecular formula is C32H27ClF6N6O3. The standard InChI is InChI=1S/C32H27ClF6N6O3/c1-31(2,3)48-29(46)19-6-4-18(5-7-19)21-15-41-44(16-21)24(12-13-47-30(35)36)20-8-10-23(40-14-20)27-25(11-9-22(33)28(27)34)45-17-26(42-43-45)32(37,38)39/h4-11,14-17,24,30H,12-13H2,1-3H3. The highest BCUT2D eigenvalue weighted by Gasteiger charge is 2.35. The zero-order chi connectivity index (χ0) is 34.8. The van der Waals surface area contributed by atoms with Crippen molar-refractivity contribution in [2.45, 2.75) is 51.6 Å². The Balaban J connectivity index is 1.45. The van der Waals surface area contributed by atoms with Crippen LogP contribution < -0.4 is 0 Å². The zero-order valence-electron chi connectivity index (χ0n) is 25.6. The summed E-state index contributed by atoms with van der Waals surface area (Å²) in [5, 5.41) is 10.7. The van der Waals surface area contributed by atoms with Gasteiger partial charge in [0.2, 0.25) is 0 Å². The largest absolute Gasteiger partial charge is 0.456 e. The molecule has 0 bridgehead atoms. The molecule has 0 fully saturated rings. The van der Waals surface area contributed by atoms with Gasteiger partial charge in [-0.05, 0) is 68.7 Å². The Morgan fingerprint density at radius 2 is 1.69 bits per heavy atom. The van der Waals surface area contributed by atoms with E-state index < -0.39 is 41.9 Å². The smallest absolute Gasteiger partial charge is 0.436 e. The maximum absolute atomic E-state index is 15.4. The van der Waals surface area contributed by atoms with Crippen LogP contribution in [0.1, 0.15) is 54.8 Å². The summed E-state index contributed by atoms with van der Waals surface area (Å²) >= 11 is 6.01. The Morgan fingerprint density at radius 1 is 0.958 bits per heavy atom. The third-order valence-corrected chi connectivity index (χ3v) is 7.23. The van der Waals surface area contributed by atoms with Gasteiger partial charge in [0.1, 0.15) is 5.60 Å². The van der Waals surface area contributed by atoms with Crippen molar-refractivity contribution in [2.24, 2.45) is 0 Å². The van der Waals surface area contributed by atoms with E-state index in [1.165, 1.54) is 29.1 Å². The Hall–Kier alpha value is -4.76. The Morgan fingerprint density at radius 3 is 2.29 bits per heavy atom. The fourth-order valence-electron chi connectivity index (χ4n) is 4.75. The molecule has 0 amide bonds. The van der Waals surface area contributed by atoms with Gasteiger partial charge in [-0.15, -0.1) is 5.10 Å². The Kier molecular flexibility index (Phi) is 9.91. The summed E-state index contributed by atoms with van der Waals surface area (Å²) in [7, 11) is 0. The summed E-state index contributed by atoms with van der Waals surface area (Å²) < 4.78 is 92.7. The van der Waals surface area contributed by atoms with Crippen molar-refractivity contribution in [1.29, 1.82) is 0 Å². The normalized spacial score (nSPS) is 12.8. The molecule has 0 N–H and O–H groups in total. The average Bonchev–Trinajstić information content (AvgIpc) is 3.71. The number of nitrogens with zero attached hydrogens (tertiary/aromatic N) is 6. The number of hydrogen-bond acceptors (Lipinski definition) is 7. The van der Waals surface area contributed by atoms with Crippen LogP contribution >= 0.6 is 11.6 Å². The van der Waals surface area contributed by atoms with Crippen molar-refractivity contribution in [3.05, 3.63) is 101 Å². The van der Waals surface area contributed by atoms with Gasteiger partial charge in [0.05, 0.1) is 52.6 Å². The first-order valence-electron chi connectivity index (χ1n) is 14.3. The lowest BCUT2D eigenvalue weighted by atomic mass is 10.0. The van der Waals surface area contributed by atoms with Crippen LogP contribution in [0.2, 0.25) is 5.02 Å². The SMILES string of the molecule is CC(C)(C)OC(=O)c1ccc(-c2cnn(C(CCOC(F)F)c3ccc(-c4c(-n5cc(C(F)(F)F)nn5)ccc(Cl)c4F)nc3)c2)cc1. The molecule has 5 rings (SSSR count). The molecule has 0 aliphatic carbocycles. The van der Waals surface area contributed by atoms with Gasteiger partial charge in [0, 0.05) is 18.0 Å². The highest BCUT2D eigenvalue weighted by molar-refractivity contribution is 6.31. The molecule has 0 aliphatic heterocycles. The van der Waals surface area contributed by atoms with E-state index in [2.05, 4.69) is 25.1 Å². The maximum Gasteiger partial charge on any atom is 0.436 e. The van der Waals surface area contributed by atoms with Crippen molar-refractivity contribution in [3.63, 3.8) is 0 Å². The van der Waals surface area contributed by atoms with Gasteiger partial charge in [-0.1, -0.05) is 35.0 Å². The fraction of sp³-hybridized carbons (Fsp3) is 0.281. The monoisotopic (exact) mass is 692 g/mol. The van der Waals surface area contributed by atoms with E-state index in [0.29, 0.717) is 22.9 Å². The minimum atomic E-state index is -4.78. The topological polar surface area (TPSA) is 96.9 Å². The second kappa shape index (κ2) is 13.8. The number of carbonyl (C=O) groups excluding carboxylic acids is 1. The highest BCUT2D eigenvalue weighted by atomic mass is 35.5. The van der Waals surface area contributed by atoms with Crippen molar-refractivity contribution in [2.75, 3.05) is 6.61 Å². The molecule has 252 valence electrons. The first kappa shape index (κ1) is 34.6. The molecule has 3 heterocycles. The van der Waals surface area contributed by atoms with Gasteiger partial charge in [0.25, 0.3) is 0 Å². The fourth-order valence-corrected chi connectivity index (χ4v) is 4.91. The van der Waals surface area contributed by atoms with Gasteiger partial charge in [-0.2, -0.15) is 27.1 Å². The lowest BCUT2D eigenvalue weighted by Crippen LogP contribution is -2.23. The van der Waals surface area contributed by atoms with Crippen LogP contribution in [0.4, 0.5) is 26.3 Å². The second-order valence-electron chi connectivity index (χ2n) is 11.5. The van der Waals surface area contributed by atoms with Crippen LogP contribution in [0, 0.1) is 5.82 Å². The van der Waals surface area contributed by atoms with Crippen molar-refractivity contribution >= 4 is 17.6 Å². The number of carbonyl (C=O) groups is 1. The Labute approximate surface area is 275 Å². The maximum atomic E-state index is 15.4. The van der Waals surface area contributed by atoms with Crippen molar-refractivity contribution in [3.8, 4) is 28.1 Å². The zero-order valence-corrected chi connectivity index (χ0v) is 26.3. The minimum Gasteiger partial charge on any atom is -0.456 e. The summed E-state index contributed by atoms with van der Waals surface area (Å²) in [4.78, 5) is 16.7. The van der Waals surface area contributed by atoms with E-state index in [9.17, 15) is 26.7 Å². The van der Waals surface area contributed by atoms with E-state index in [0.717, 1.165) is 10.2 Å². The number of esters is 1. The van der Waals surface area contributed by atoms with Gasteiger partial charge >= 0.3 is 18.8 Å². The van der Waals surface area contributed by atoms with Crippen molar-refractivity contribution in [1.82, 2.24) is 29.8 Å². The quantitative estimate of drug-likeness (QED) is 0.108. The predicted molar refractivity (Wildman–Crippen MR) is 162 cm³/mol. The lowest BCUT2D eigenvalue weighted by molar-refractivity contribution is -0.141. The van der Waals surface area contributed by atoms with Gasteiger partial charge in [0.15, 0.2) is 11.5 Å². The van der Waals surface area contributed by atoms with Crippen molar-refractivity contribution < 1.29 is 40.6 Å². The van der Waals surface area contributed by atoms with Gasteiger partial charge < -0.3 is 9.47 Å². The molecule has 1 atom stereocenters. The Bertz CT molecular complexity index is 1890. The summed E-state index contributed by atoms with van der Waals surface area (Å²) in [5.41, 5.74) is -0.0470. The van der Waals surface area contributed by atoms with Gasteiger partial charge in [-0.25, -0.2) is 13.9 Å². The molecule has 0 radical (unpaired) electrons. The van der Waals surface area contributed by atoms with Crippen LogP contribution in [0.3, 0.4) is 0 Å². The van der Waals surface area contributed by atoms with Crippen LogP contribution in [0.25, 0.3) is 28.1 Å². The molecule has 0 saturated heterocycles. The third-order valence-electron chi connectivity index (χ3n) is 6.94. The third kappa shape index (κ3) is 8.02. The van der Waals surface area contributed by atoms with E-state index in [1.54, 1.807) is 63.5 Å². The molecule has 48 heavy (non-hydrogen) atoms. The number of aromatic nitrogens is 6. The van der Waals surface area contributed by atoms with Gasteiger partial charge in [-0.3, -0.25) is 9.67 Å². The van der Waals surface area contributed by atoms with Crippen LogP contribution in [-0.4, -0.2) is 54.5 Å². The molecule has 0 aliphatic rings. The number of alkyl halides is 5. The first-order chi connectivity index (χ1) is 22.6. The summed E-state index contributed by atoms with van der Waals surface area (Å²) in [6.45, 7) is 1.95. The van der Waals surface area contributed by atoms with E-state index in [-0.39, 0.29) is 35.0 Å². The first-order valence-corrected chi connectivity index (χ1v) is 14.7. The second-order valence-corrected chi connectivity index (χ2v) is 11.9. The van der Waals surface area contributed by atoms with Crippen LogP contribution in [-0.2, 0) is 15.7 Å². The molecule has 3 aromatic heterocycles. The van der Waals surface area contributed by atoms with E-state index in [1.807, 2.05) is 0 Å². The minimum absolute atomic E-state index is 0.00613. The number of halogens is 7. The van der Waals surface area contributed by atoms with Crippen LogP contribution in [0.5, 0.6) is 0 Å². The molecule has 0 spiro atoms. The number of rotatable bonds is 10. The molecule has 2 aromatic carbocycles. The average molecular weight is 693 g/mol. The summed E-state index contributed by atoms with van der Waals surface area (Å²) in [5.74, 6) is -1.42. The molecular weight excluding hydrogens is 666 g/mol. The molecule has 16 heteroatoms. The van der Waals surface area contributed by atoms with Crippen LogP contribution in [0.15, 0.2) is 73.3 Å². The number of benzene rings is 2. The number of hydrogen-bond donors (Lipinski definition) is 0. The number of pyridine rings is 1. The highest BCUT2D eigenvalue weighted by Crippen LogP contribution is 2.35.